The summed E-state index contributed by atoms with van der Waals surface area (Å²) in [5.74, 6) is -1.22. The van der Waals surface area contributed by atoms with Gasteiger partial charge >= 0.3 is 5.97 Å². The zero-order valence-electron chi connectivity index (χ0n) is 16.4. The molecular formula is C23H21NO5. The minimum Gasteiger partial charge on any atom is -0.497 e. The van der Waals surface area contributed by atoms with E-state index < -0.39 is 17.2 Å². The second-order valence-corrected chi connectivity index (χ2v) is 6.64. The van der Waals surface area contributed by atoms with Crippen molar-refractivity contribution in [3.63, 3.8) is 0 Å². The van der Waals surface area contributed by atoms with Gasteiger partial charge in [-0.15, -0.1) is 0 Å². The van der Waals surface area contributed by atoms with Gasteiger partial charge in [0.1, 0.15) is 5.75 Å². The molecule has 1 aromatic heterocycles. The van der Waals surface area contributed by atoms with Crippen LogP contribution in [0.15, 0.2) is 66.9 Å². The third-order valence-corrected chi connectivity index (χ3v) is 4.94. The van der Waals surface area contributed by atoms with Crippen LogP contribution >= 0.6 is 0 Å². The van der Waals surface area contributed by atoms with Crippen LogP contribution < -0.4 is 4.74 Å². The summed E-state index contributed by atoms with van der Waals surface area (Å²) in [6, 6.07) is 16.6. The van der Waals surface area contributed by atoms with E-state index in [4.69, 9.17) is 9.47 Å². The molecule has 0 bridgehead atoms. The smallest absolute Gasteiger partial charge is 0.325 e. The molecule has 148 valence electrons. The van der Waals surface area contributed by atoms with E-state index in [9.17, 15) is 14.4 Å². The molecule has 0 saturated carbocycles. The van der Waals surface area contributed by atoms with Crippen LogP contribution in [0.4, 0.5) is 0 Å². The first-order valence-corrected chi connectivity index (χ1v) is 8.98. The largest absolute Gasteiger partial charge is 0.497 e. The zero-order valence-corrected chi connectivity index (χ0v) is 16.4. The minimum absolute atomic E-state index is 0.0840. The van der Waals surface area contributed by atoms with Crippen molar-refractivity contribution in [1.29, 1.82) is 0 Å². The van der Waals surface area contributed by atoms with Gasteiger partial charge in [-0.25, -0.2) is 0 Å². The Balaban J connectivity index is 2.19. The molecule has 3 aromatic rings. The molecule has 0 aliphatic heterocycles. The quantitative estimate of drug-likeness (QED) is 0.378. The maximum Gasteiger partial charge on any atom is 0.325 e. The molecule has 6 nitrogen and oxygen atoms in total. The maximum absolute atomic E-state index is 13.7. The van der Waals surface area contributed by atoms with E-state index in [1.54, 1.807) is 54.7 Å². The molecule has 0 amide bonds. The highest BCUT2D eigenvalue weighted by Crippen LogP contribution is 2.32. The second-order valence-electron chi connectivity index (χ2n) is 6.64. The molecule has 0 spiro atoms. The number of H-pyrrole nitrogens is 1. The summed E-state index contributed by atoms with van der Waals surface area (Å²) >= 11 is 0. The van der Waals surface area contributed by atoms with Crippen molar-refractivity contribution in [3.05, 3.63) is 89.2 Å². The van der Waals surface area contributed by atoms with Crippen molar-refractivity contribution >= 4 is 17.5 Å². The first-order valence-electron chi connectivity index (χ1n) is 8.98. The number of nitrogens with one attached hydrogen (secondary N) is 1. The summed E-state index contributed by atoms with van der Waals surface area (Å²) in [6.45, 7) is 1.48. The number of aromatic nitrogens is 1. The highest BCUT2D eigenvalue weighted by molar-refractivity contribution is 6.22. The summed E-state index contributed by atoms with van der Waals surface area (Å²) in [5.41, 5.74) is -0.581. The number of ether oxygens (including phenoxy) is 2. The van der Waals surface area contributed by atoms with Crippen molar-refractivity contribution < 1.29 is 23.9 Å². The first-order chi connectivity index (χ1) is 13.9. The van der Waals surface area contributed by atoms with Gasteiger partial charge in [-0.3, -0.25) is 14.4 Å². The summed E-state index contributed by atoms with van der Waals surface area (Å²) in [5, 5.41) is 0. The van der Waals surface area contributed by atoms with Gasteiger partial charge in [-0.2, -0.15) is 0 Å². The molecule has 0 fully saturated rings. The topological polar surface area (TPSA) is 85.5 Å². The van der Waals surface area contributed by atoms with Crippen LogP contribution in [0.2, 0.25) is 0 Å². The van der Waals surface area contributed by atoms with E-state index in [1.165, 1.54) is 33.3 Å². The van der Waals surface area contributed by atoms with E-state index in [0.29, 0.717) is 17.0 Å². The SMILES string of the molecule is COC(=O)C(C)(C(=O)c1cc(OC)ccc1C(=O)c1ccccc1)c1ccc[nH]1. The number of aromatic amines is 1. The Bertz CT molecular complexity index is 1040. The van der Waals surface area contributed by atoms with E-state index in [1.807, 2.05) is 0 Å². The monoisotopic (exact) mass is 391 g/mol. The molecular weight excluding hydrogens is 370 g/mol. The molecule has 0 aliphatic carbocycles. The molecule has 2 aromatic carbocycles. The number of esters is 1. The van der Waals surface area contributed by atoms with Crippen LogP contribution in [0.25, 0.3) is 0 Å². The fourth-order valence-corrected chi connectivity index (χ4v) is 3.22. The maximum atomic E-state index is 13.7. The summed E-state index contributed by atoms with van der Waals surface area (Å²) in [7, 11) is 2.69. The molecule has 6 heteroatoms. The highest BCUT2D eigenvalue weighted by atomic mass is 16.5. The highest BCUT2D eigenvalue weighted by Gasteiger charge is 2.46. The Labute approximate surface area is 168 Å². The van der Waals surface area contributed by atoms with Crippen LogP contribution in [-0.2, 0) is 14.9 Å². The van der Waals surface area contributed by atoms with E-state index in [2.05, 4.69) is 4.98 Å². The van der Waals surface area contributed by atoms with Crippen molar-refractivity contribution in [1.82, 2.24) is 4.98 Å². The summed E-state index contributed by atoms with van der Waals surface area (Å²) < 4.78 is 10.2. The summed E-state index contributed by atoms with van der Waals surface area (Å²) in [4.78, 5) is 42.4. The molecule has 0 saturated heterocycles. The number of carbonyl (C=O) groups is 3. The van der Waals surface area contributed by atoms with Crippen molar-refractivity contribution in [3.8, 4) is 5.75 Å². The Morgan fingerprint density at radius 3 is 2.21 bits per heavy atom. The second kappa shape index (κ2) is 8.14. The molecule has 3 rings (SSSR count). The van der Waals surface area contributed by atoms with Gasteiger partial charge in [0.25, 0.3) is 0 Å². The number of benzene rings is 2. The number of ketones is 2. The van der Waals surface area contributed by atoms with Crippen LogP contribution in [0.3, 0.4) is 0 Å². The molecule has 1 unspecified atom stereocenters. The Morgan fingerprint density at radius 2 is 1.62 bits per heavy atom. The van der Waals surface area contributed by atoms with E-state index in [0.717, 1.165) is 0 Å². The third-order valence-electron chi connectivity index (χ3n) is 4.94. The molecule has 1 heterocycles. The lowest BCUT2D eigenvalue weighted by atomic mass is 9.77. The standard InChI is InChI=1S/C23H21NO5/c1-23(22(27)29-3,19-10-7-13-24-19)21(26)18-14-16(28-2)11-12-17(18)20(25)15-8-5-4-6-9-15/h4-14,24H,1-3H3. The van der Waals surface area contributed by atoms with Crippen molar-refractivity contribution in [2.75, 3.05) is 14.2 Å². The van der Waals surface area contributed by atoms with Crippen LogP contribution in [0.1, 0.15) is 38.9 Å². The molecule has 29 heavy (non-hydrogen) atoms. The molecule has 1 atom stereocenters. The Hall–Kier alpha value is -3.67. The van der Waals surface area contributed by atoms with Crippen LogP contribution in [-0.4, -0.2) is 36.7 Å². The summed E-state index contributed by atoms with van der Waals surface area (Å²) in [6.07, 6.45) is 1.62. The number of hydrogen-bond acceptors (Lipinski definition) is 5. The fourth-order valence-electron chi connectivity index (χ4n) is 3.22. The van der Waals surface area contributed by atoms with Gasteiger partial charge < -0.3 is 14.5 Å². The van der Waals surface area contributed by atoms with Crippen molar-refractivity contribution in [2.24, 2.45) is 0 Å². The normalized spacial score (nSPS) is 12.7. The molecule has 0 aliphatic rings. The third kappa shape index (κ3) is 3.57. The number of Topliss-reactive ketones (excluding diaryl/α,β-unsaturated/α-hetero) is 1. The Kier molecular flexibility index (Phi) is 5.64. The average Bonchev–Trinajstić information content (AvgIpc) is 3.32. The number of methoxy groups -OCH3 is 2. The van der Waals surface area contributed by atoms with E-state index in [-0.39, 0.29) is 16.9 Å². The zero-order chi connectivity index (χ0) is 21.0. The van der Waals surface area contributed by atoms with Gasteiger partial charge in [0.15, 0.2) is 17.0 Å². The van der Waals surface area contributed by atoms with Gasteiger partial charge in [0.2, 0.25) is 0 Å². The predicted molar refractivity (Wildman–Crippen MR) is 107 cm³/mol. The predicted octanol–water partition coefficient (Wildman–Crippen LogP) is 3.57. The number of rotatable bonds is 7. The van der Waals surface area contributed by atoms with Gasteiger partial charge in [0, 0.05) is 28.6 Å². The van der Waals surface area contributed by atoms with Gasteiger partial charge in [0.05, 0.1) is 14.2 Å². The lowest BCUT2D eigenvalue weighted by Gasteiger charge is -2.25. The first kappa shape index (κ1) is 20.1. The van der Waals surface area contributed by atoms with Crippen LogP contribution in [0, 0.1) is 0 Å². The van der Waals surface area contributed by atoms with Gasteiger partial charge in [-0.05, 0) is 37.3 Å². The lowest BCUT2D eigenvalue weighted by molar-refractivity contribution is -0.145. The Morgan fingerprint density at radius 1 is 0.897 bits per heavy atom. The lowest BCUT2D eigenvalue weighted by Crippen LogP contribution is -2.43. The molecule has 1 N–H and O–H groups in total. The number of carbonyl (C=O) groups excluding carboxylic acids is 3. The number of hydrogen-bond donors (Lipinski definition) is 1. The van der Waals surface area contributed by atoms with E-state index >= 15 is 0 Å². The minimum atomic E-state index is -1.66. The van der Waals surface area contributed by atoms with Crippen molar-refractivity contribution in [2.45, 2.75) is 12.3 Å². The van der Waals surface area contributed by atoms with Crippen LogP contribution in [0.5, 0.6) is 5.75 Å². The van der Waals surface area contributed by atoms with Gasteiger partial charge in [-0.1, -0.05) is 30.3 Å². The fraction of sp³-hybridized carbons (Fsp3) is 0.174. The molecule has 0 radical (unpaired) electrons. The average molecular weight is 391 g/mol.